The SMILES string of the molecule is CC(C)OC(=O)c1c(NC(=O)CSc2nnc(-c3ccn(C)n3)n2C[C@@H]2CCCO2)sc2c1CCCC2. The van der Waals surface area contributed by atoms with Crippen molar-refractivity contribution in [3.8, 4) is 11.5 Å². The average Bonchev–Trinajstić information content (AvgIpc) is 3.64. The number of fused-ring (bicyclic) bond motifs is 1. The molecule has 1 aliphatic carbocycles. The second kappa shape index (κ2) is 11.4. The van der Waals surface area contributed by atoms with E-state index >= 15 is 0 Å². The van der Waals surface area contributed by atoms with Crippen LogP contribution in [0.4, 0.5) is 5.00 Å². The first-order valence-corrected chi connectivity index (χ1v) is 14.5. The van der Waals surface area contributed by atoms with Crippen molar-refractivity contribution in [1.82, 2.24) is 24.5 Å². The maximum atomic E-state index is 13.1. The number of thiophene rings is 1. The van der Waals surface area contributed by atoms with Gasteiger partial charge in [-0.15, -0.1) is 21.5 Å². The Balaban J connectivity index is 1.32. The van der Waals surface area contributed by atoms with Crippen LogP contribution in [0.5, 0.6) is 0 Å². The number of carbonyl (C=O) groups is 2. The van der Waals surface area contributed by atoms with E-state index in [9.17, 15) is 9.59 Å². The summed E-state index contributed by atoms with van der Waals surface area (Å²) < 4.78 is 15.1. The molecule has 1 aliphatic heterocycles. The average molecular weight is 545 g/mol. The summed E-state index contributed by atoms with van der Waals surface area (Å²) >= 11 is 2.81. The minimum Gasteiger partial charge on any atom is -0.459 e. The number of rotatable bonds is 9. The molecule has 0 unspecified atom stereocenters. The summed E-state index contributed by atoms with van der Waals surface area (Å²) in [6, 6.07) is 1.90. The lowest BCUT2D eigenvalue weighted by molar-refractivity contribution is -0.113. The maximum Gasteiger partial charge on any atom is 0.341 e. The van der Waals surface area contributed by atoms with Crippen molar-refractivity contribution in [3.05, 3.63) is 28.3 Å². The fraction of sp³-hybridized carbons (Fsp3) is 0.560. The van der Waals surface area contributed by atoms with Crippen LogP contribution in [-0.2, 0) is 40.7 Å². The number of hydrogen-bond acceptors (Lipinski definition) is 9. The molecule has 5 rings (SSSR count). The van der Waals surface area contributed by atoms with E-state index in [1.165, 1.54) is 28.0 Å². The monoisotopic (exact) mass is 544 g/mol. The number of ether oxygens (including phenoxy) is 2. The molecule has 2 aliphatic rings. The van der Waals surface area contributed by atoms with Gasteiger partial charge in [-0.25, -0.2) is 4.79 Å². The first-order chi connectivity index (χ1) is 17.9. The van der Waals surface area contributed by atoms with Crippen molar-refractivity contribution in [2.24, 2.45) is 7.05 Å². The summed E-state index contributed by atoms with van der Waals surface area (Å²) in [6.45, 7) is 5.02. The molecule has 3 aromatic heterocycles. The summed E-state index contributed by atoms with van der Waals surface area (Å²) in [5.41, 5.74) is 2.27. The number of nitrogens with zero attached hydrogens (tertiary/aromatic N) is 5. The van der Waals surface area contributed by atoms with Crippen LogP contribution in [0.3, 0.4) is 0 Å². The number of thioether (sulfide) groups is 1. The van der Waals surface area contributed by atoms with E-state index in [4.69, 9.17) is 9.47 Å². The number of hydrogen-bond donors (Lipinski definition) is 1. The number of carbonyl (C=O) groups excluding carboxylic acids is 2. The molecule has 1 N–H and O–H groups in total. The number of nitrogens with one attached hydrogen (secondary N) is 1. The van der Waals surface area contributed by atoms with Crippen LogP contribution in [0.1, 0.15) is 60.3 Å². The quantitative estimate of drug-likeness (QED) is 0.317. The molecule has 1 fully saturated rings. The topological polar surface area (TPSA) is 113 Å². The third-order valence-electron chi connectivity index (χ3n) is 6.37. The summed E-state index contributed by atoms with van der Waals surface area (Å²) in [5, 5.41) is 17.4. The summed E-state index contributed by atoms with van der Waals surface area (Å²) in [6.07, 6.45) is 7.61. The van der Waals surface area contributed by atoms with Gasteiger partial charge in [-0.3, -0.25) is 14.0 Å². The standard InChI is InChI=1S/C25H32N6O4S2/c1-15(2)35-24(33)21-17-8-4-5-9-19(17)37-23(21)26-20(32)14-36-25-28-27-22(18-10-11-30(3)29-18)31(25)13-16-7-6-12-34-16/h10-11,15-16H,4-9,12-14H2,1-3H3,(H,26,32)/t16-/m0/s1. The molecule has 12 heteroatoms. The highest BCUT2D eigenvalue weighted by Crippen LogP contribution is 2.39. The molecule has 1 atom stereocenters. The van der Waals surface area contributed by atoms with Crippen molar-refractivity contribution in [2.45, 2.75) is 76.3 Å². The van der Waals surface area contributed by atoms with Crippen molar-refractivity contribution in [1.29, 1.82) is 0 Å². The Hall–Kier alpha value is -2.70. The summed E-state index contributed by atoms with van der Waals surface area (Å²) in [4.78, 5) is 27.1. The zero-order valence-corrected chi connectivity index (χ0v) is 23.0. The Morgan fingerprint density at radius 2 is 2.11 bits per heavy atom. The van der Waals surface area contributed by atoms with E-state index < -0.39 is 0 Å². The Morgan fingerprint density at radius 3 is 2.84 bits per heavy atom. The van der Waals surface area contributed by atoms with Gasteiger partial charge in [0, 0.05) is 24.7 Å². The maximum absolute atomic E-state index is 13.1. The summed E-state index contributed by atoms with van der Waals surface area (Å²) in [7, 11) is 1.86. The Labute approximate surface area is 224 Å². The van der Waals surface area contributed by atoms with Gasteiger partial charge in [0.1, 0.15) is 10.7 Å². The van der Waals surface area contributed by atoms with Crippen LogP contribution in [-0.4, -0.2) is 61.0 Å². The van der Waals surface area contributed by atoms with E-state index in [0.29, 0.717) is 28.1 Å². The van der Waals surface area contributed by atoms with Crippen LogP contribution in [0, 0.1) is 0 Å². The van der Waals surface area contributed by atoms with Gasteiger partial charge >= 0.3 is 5.97 Å². The molecular weight excluding hydrogens is 512 g/mol. The van der Waals surface area contributed by atoms with Gasteiger partial charge in [0.15, 0.2) is 11.0 Å². The van der Waals surface area contributed by atoms with Gasteiger partial charge < -0.3 is 14.8 Å². The van der Waals surface area contributed by atoms with Gasteiger partial charge in [-0.05, 0) is 64.0 Å². The van der Waals surface area contributed by atoms with Gasteiger partial charge in [-0.2, -0.15) is 5.10 Å². The second-order valence-electron chi connectivity index (χ2n) is 9.63. The Bertz CT molecular complexity index is 1270. The minimum absolute atomic E-state index is 0.0820. The molecule has 0 spiro atoms. The third kappa shape index (κ3) is 5.91. The lowest BCUT2D eigenvalue weighted by Gasteiger charge is -2.14. The molecule has 37 heavy (non-hydrogen) atoms. The number of amides is 1. The van der Waals surface area contributed by atoms with Crippen molar-refractivity contribution >= 4 is 40.0 Å². The highest BCUT2D eigenvalue weighted by atomic mass is 32.2. The van der Waals surface area contributed by atoms with Crippen LogP contribution >= 0.6 is 23.1 Å². The van der Waals surface area contributed by atoms with E-state index in [-0.39, 0.29) is 29.8 Å². The van der Waals surface area contributed by atoms with E-state index in [1.807, 2.05) is 37.7 Å². The Morgan fingerprint density at radius 1 is 1.27 bits per heavy atom. The molecule has 198 valence electrons. The highest BCUT2D eigenvalue weighted by molar-refractivity contribution is 7.99. The first kappa shape index (κ1) is 25.9. The molecule has 0 radical (unpaired) electrons. The molecule has 4 heterocycles. The van der Waals surface area contributed by atoms with E-state index in [2.05, 4.69) is 20.6 Å². The Kier molecular flexibility index (Phi) is 7.96. The third-order valence-corrected chi connectivity index (χ3v) is 8.55. The lowest BCUT2D eigenvalue weighted by Crippen LogP contribution is -2.19. The van der Waals surface area contributed by atoms with Crippen LogP contribution in [0.2, 0.25) is 0 Å². The zero-order chi connectivity index (χ0) is 25.9. The zero-order valence-electron chi connectivity index (χ0n) is 21.4. The van der Waals surface area contributed by atoms with Crippen LogP contribution in [0.15, 0.2) is 17.4 Å². The highest BCUT2D eigenvalue weighted by Gasteiger charge is 2.28. The molecule has 1 amide bonds. The molecule has 0 saturated carbocycles. The van der Waals surface area contributed by atoms with Gasteiger partial charge in [0.2, 0.25) is 5.91 Å². The van der Waals surface area contributed by atoms with Crippen molar-refractivity contribution in [2.75, 3.05) is 17.7 Å². The first-order valence-electron chi connectivity index (χ1n) is 12.7. The number of aryl methyl sites for hydroxylation is 2. The predicted molar refractivity (Wildman–Crippen MR) is 142 cm³/mol. The van der Waals surface area contributed by atoms with E-state index in [1.54, 1.807) is 4.68 Å². The fourth-order valence-electron chi connectivity index (χ4n) is 4.71. The lowest BCUT2D eigenvalue weighted by atomic mass is 9.95. The normalized spacial score (nSPS) is 17.2. The van der Waals surface area contributed by atoms with Gasteiger partial charge in [0.05, 0.1) is 30.1 Å². The number of anilines is 1. The van der Waals surface area contributed by atoms with Crippen molar-refractivity contribution in [3.63, 3.8) is 0 Å². The smallest absolute Gasteiger partial charge is 0.341 e. The predicted octanol–water partition coefficient (Wildman–Crippen LogP) is 4.09. The molecule has 1 saturated heterocycles. The van der Waals surface area contributed by atoms with Crippen molar-refractivity contribution < 1.29 is 19.1 Å². The second-order valence-corrected chi connectivity index (χ2v) is 11.7. The van der Waals surface area contributed by atoms with E-state index in [0.717, 1.165) is 56.4 Å². The largest absolute Gasteiger partial charge is 0.459 e. The van der Waals surface area contributed by atoms with Crippen LogP contribution in [0.25, 0.3) is 11.5 Å². The minimum atomic E-state index is -0.367. The van der Waals surface area contributed by atoms with Crippen LogP contribution < -0.4 is 5.32 Å². The fourth-order valence-corrected chi connectivity index (χ4v) is 6.75. The molecule has 0 bridgehead atoms. The molecule has 0 aromatic carbocycles. The molecular formula is C25H32N6O4S2. The molecule has 10 nitrogen and oxygen atoms in total. The number of esters is 1. The van der Waals surface area contributed by atoms with Gasteiger partial charge in [-0.1, -0.05) is 11.8 Å². The summed E-state index contributed by atoms with van der Waals surface area (Å²) in [5.74, 6) is 0.221. The van der Waals surface area contributed by atoms with Gasteiger partial charge in [0.25, 0.3) is 0 Å². The molecule has 3 aromatic rings. The number of aromatic nitrogens is 5.